The van der Waals surface area contributed by atoms with E-state index in [1.807, 2.05) is 19.9 Å². The van der Waals surface area contributed by atoms with Gasteiger partial charge in [-0.2, -0.15) is 0 Å². The average molecular weight is 587 g/mol. The van der Waals surface area contributed by atoms with E-state index < -0.39 is 6.04 Å². The Balaban J connectivity index is 0.000000387. The number of aromatic amines is 1. The van der Waals surface area contributed by atoms with E-state index >= 15 is 0 Å². The van der Waals surface area contributed by atoms with E-state index in [4.69, 9.17) is 5.73 Å². The molecule has 4 nitrogen and oxygen atoms in total. The molecule has 3 aromatic carbocycles. The first-order valence-electron chi connectivity index (χ1n) is 16.2. The van der Waals surface area contributed by atoms with Crippen molar-refractivity contribution < 1.29 is 9.90 Å². The lowest BCUT2D eigenvalue weighted by Crippen LogP contribution is -2.33. The van der Waals surface area contributed by atoms with Gasteiger partial charge in [0, 0.05) is 28.4 Å². The summed E-state index contributed by atoms with van der Waals surface area (Å²) in [6, 6.07) is 24.8. The van der Waals surface area contributed by atoms with Gasteiger partial charge in [-0.25, -0.2) is 0 Å². The van der Waals surface area contributed by atoms with Crippen molar-refractivity contribution in [2.75, 3.05) is 0 Å². The number of benzene rings is 3. The van der Waals surface area contributed by atoms with E-state index in [-0.39, 0.29) is 16.9 Å². The first-order valence-corrected chi connectivity index (χ1v) is 16.2. The summed E-state index contributed by atoms with van der Waals surface area (Å²) in [6.07, 6.45) is 5.47. The summed E-state index contributed by atoms with van der Waals surface area (Å²) in [6.45, 7) is 21.1. The Hall–Kier alpha value is -3.37. The van der Waals surface area contributed by atoms with Crippen molar-refractivity contribution in [2.45, 2.75) is 113 Å². The Kier molecular flexibility index (Phi) is 16.7. The van der Waals surface area contributed by atoms with E-state index in [0.29, 0.717) is 12.3 Å². The molecule has 0 saturated heterocycles. The van der Waals surface area contributed by atoms with Gasteiger partial charge in [-0.1, -0.05) is 127 Å². The maximum Gasteiger partial charge on any atom is 0.146 e. The van der Waals surface area contributed by atoms with Gasteiger partial charge in [-0.15, -0.1) is 0 Å². The molecule has 0 spiro atoms. The topological polar surface area (TPSA) is 79.1 Å². The molecule has 0 fully saturated rings. The first kappa shape index (κ1) is 37.7. The molecule has 0 aliphatic rings. The van der Waals surface area contributed by atoms with Crippen LogP contribution in [0.4, 0.5) is 0 Å². The molecule has 0 amide bonds. The van der Waals surface area contributed by atoms with E-state index in [1.54, 1.807) is 18.2 Å². The number of rotatable bonds is 9. The number of aryl methyl sites for hydroxylation is 2. The molecule has 0 radical (unpaired) electrons. The zero-order valence-electron chi connectivity index (χ0n) is 28.6. The Bertz CT molecular complexity index is 1290. The fourth-order valence-electron chi connectivity index (χ4n) is 5.36. The van der Waals surface area contributed by atoms with Gasteiger partial charge in [0.05, 0.1) is 6.04 Å². The lowest BCUT2D eigenvalue weighted by Gasteiger charge is -2.39. The van der Waals surface area contributed by atoms with Crippen molar-refractivity contribution in [3.63, 3.8) is 0 Å². The number of phenolic OH excluding ortho intramolecular Hbond substituents is 1. The largest absolute Gasteiger partial charge is 0.508 e. The zero-order valence-corrected chi connectivity index (χ0v) is 28.6. The standard InChI is InChI=1S/C22H30.C12H14N2O2.C3H8.C2H6/c1-6-8-19(7-2)22(5,20-13-9-17(3)10-14-20)21-15-11-18(4)12-16-21;1-7(15)11(13)6-9-4-8-5-10(16)2-3-12(8)14-9;1-3-2;1-2/h9-16,19H,6-8H2,1-5H3;2-5,11,14,16H,6,13H2,1H3;3H2,1-2H3;1-2H3/t;11-;;/m.0../s1. The third kappa shape index (κ3) is 11.0. The van der Waals surface area contributed by atoms with E-state index in [2.05, 4.69) is 102 Å². The number of phenols is 1. The molecule has 1 heterocycles. The van der Waals surface area contributed by atoms with Crippen molar-refractivity contribution in [3.8, 4) is 5.75 Å². The van der Waals surface area contributed by atoms with Crippen LogP contribution < -0.4 is 5.73 Å². The molecule has 0 aliphatic heterocycles. The number of carbonyl (C=O) groups excluding carboxylic acids is 1. The number of hydrogen-bond acceptors (Lipinski definition) is 3. The summed E-state index contributed by atoms with van der Waals surface area (Å²) in [5.41, 5.74) is 13.2. The second-order valence-electron chi connectivity index (χ2n) is 11.5. The SMILES string of the molecule is CC.CC(=O)[C@@H](N)Cc1cc2cc(O)ccc2[nH]1.CCC.CCCC(CC)C(C)(c1ccc(C)cc1)c1ccc(C)cc1. The minimum Gasteiger partial charge on any atom is -0.508 e. The molecule has 1 unspecified atom stereocenters. The normalized spacial score (nSPS) is 12.1. The molecule has 236 valence electrons. The van der Waals surface area contributed by atoms with Crippen LogP contribution in [0.15, 0.2) is 72.8 Å². The van der Waals surface area contributed by atoms with E-state index in [1.165, 1.54) is 54.9 Å². The average Bonchev–Trinajstić information content (AvgIpc) is 3.39. The number of carbonyl (C=O) groups is 1. The summed E-state index contributed by atoms with van der Waals surface area (Å²) < 4.78 is 0. The molecule has 1 aromatic heterocycles. The molecule has 4 rings (SSSR count). The number of hydrogen-bond donors (Lipinski definition) is 3. The van der Waals surface area contributed by atoms with Crippen LogP contribution in [0.25, 0.3) is 10.9 Å². The van der Waals surface area contributed by atoms with E-state index in [9.17, 15) is 9.90 Å². The number of ketones is 1. The van der Waals surface area contributed by atoms with Crippen molar-refractivity contribution in [2.24, 2.45) is 11.7 Å². The fraction of sp³-hybridized carbons (Fsp3) is 0.462. The molecule has 43 heavy (non-hydrogen) atoms. The smallest absolute Gasteiger partial charge is 0.146 e. The van der Waals surface area contributed by atoms with Gasteiger partial charge in [0.1, 0.15) is 11.5 Å². The second kappa shape index (κ2) is 19.0. The van der Waals surface area contributed by atoms with Crippen LogP contribution in [0, 0.1) is 19.8 Å². The van der Waals surface area contributed by atoms with Crippen LogP contribution in [0.3, 0.4) is 0 Å². The molecule has 2 atom stereocenters. The van der Waals surface area contributed by atoms with Gasteiger partial charge in [-0.3, -0.25) is 4.79 Å². The minimum absolute atomic E-state index is 0.0264. The number of aromatic nitrogens is 1. The molecule has 4 heteroatoms. The van der Waals surface area contributed by atoms with Crippen LogP contribution in [0.2, 0.25) is 0 Å². The van der Waals surface area contributed by atoms with Crippen molar-refractivity contribution in [1.82, 2.24) is 4.98 Å². The van der Waals surface area contributed by atoms with Gasteiger partial charge < -0.3 is 15.8 Å². The molecule has 4 aromatic rings. The quantitative estimate of drug-likeness (QED) is 0.182. The number of H-pyrrole nitrogens is 1. The van der Waals surface area contributed by atoms with Crippen molar-refractivity contribution in [3.05, 3.63) is 101 Å². The summed E-state index contributed by atoms with van der Waals surface area (Å²) in [4.78, 5) is 14.2. The van der Waals surface area contributed by atoms with Crippen LogP contribution in [-0.4, -0.2) is 21.9 Å². The summed E-state index contributed by atoms with van der Waals surface area (Å²) >= 11 is 0. The highest BCUT2D eigenvalue weighted by Crippen LogP contribution is 2.43. The Labute approximate surface area is 262 Å². The van der Waals surface area contributed by atoms with Crippen LogP contribution in [0.1, 0.15) is 109 Å². The number of Topliss-reactive ketones (excluding diaryl/α,β-unsaturated/α-hetero) is 1. The maximum atomic E-state index is 11.0. The summed E-state index contributed by atoms with van der Waals surface area (Å²) in [5.74, 6) is 0.873. The molecule has 0 saturated carbocycles. The van der Waals surface area contributed by atoms with Gasteiger partial charge in [-0.05, 0) is 68.5 Å². The molecule has 0 aliphatic carbocycles. The Morgan fingerprint density at radius 2 is 1.35 bits per heavy atom. The highest BCUT2D eigenvalue weighted by molar-refractivity contribution is 5.83. The van der Waals surface area contributed by atoms with Gasteiger partial charge >= 0.3 is 0 Å². The Morgan fingerprint density at radius 1 is 0.860 bits per heavy atom. The highest BCUT2D eigenvalue weighted by Gasteiger charge is 2.36. The van der Waals surface area contributed by atoms with Gasteiger partial charge in [0.15, 0.2) is 0 Å². The van der Waals surface area contributed by atoms with Gasteiger partial charge in [0.25, 0.3) is 0 Å². The lowest BCUT2D eigenvalue weighted by atomic mass is 9.65. The predicted octanol–water partition coefficient (Wildman–Crippen LogP) is 10.2. The number of nitrogens with one attached hydrogen (secondary N) is 1. The predicted molar refractivity (Wildman–Crippen MR) is 187 cm³/mol. The van der Waals surface area contributed by atoms with Crippen molar-refractivity contribution >= 4 is 16.7 Å². The third-order valence-electron chi connectivity index (χ3n) is 7.87. The maximum absolute atomic E-state index is 11.0. The molecular weight excluding hydrogens is 528 g/mol. The fourth-order valence-corrected chi connectivity index (χ4v) is 5.36. The first-order chi connectivity index (χ1) is 20.5. The monoisotopic (exact) mass is 586 g/mol. The number of aromatic hydroxyl groups is 1. The summed E-state index contributed by atoms with van der Waals surface area (Å²) in [7, 11) is 0. The molecular formula is C39H58N2O2. The molecule has 0 bridgehead atoms. The Morgan fingerprint density at radius 3 is 1.77 bits per heavy atom. The van der Waals surface area contributed by atoms with Crippen LogP contribution in [0.5, 0.6) is 5.75 Å². The zero-order chi connectivity index (χ0) is 32.6. The van der Waals surface area contributed by atoms with Gasteiger partial charge in [0.2, 0.25) is 0 Å². The van der Waals surface area contributed by atoms with E-state index in [0.717, 1.165) is 16.6 Å². The third-order valence-corrected chi connectivity index (χ3v) is 7.87. The molecule has 4 N–H and O–H groups in total. The minimum atomic E-state index is -0.471. The summed E-state index contributed by atoms with van der Waals surface area (Å²) in [5, 5.41) is 10.2. The number of nitrogens with two attached hydrogens (primary N) is 1. The lowest BCUT2D eigenvalue weighted by molar-refractivity contribution is -0.118. The highest BCUT2D eigenvalue weighted by atomic mass is 16.3. The van der Waals surface area contributed by atoms with Crippen LogP contribution >= 0.6 is 0 Å². The second-order valence-corrected chi connectivity index (χ2v) is 11.5. The number of fused-ring (bicyclic) bond motifs is 1. The van der Waals surface area contributed by atoms with Crippen molar-refractivity contribution in [1.29, 1.82) is 0 Å². The van der Waals surface area contributed by atoms with Crippen LogP contribution in [-0.2, 0) is 16.6 Å².